The molecule has 0 amide bonds. The average molecular weight is 269 g/mol. The number of aromatic nitrogens is 1. The molecule has 0 fully saturated rings. The highest BCUT2D eigenvalue weighted by atomic mass is 15.0. The normalized spacial score (nSPS) is 10.7. The van der Waals surface area contributed by atoms with E-state index in [1.165, 1.54) is 27.8 Å². The van der Waals surface area contributed by atoms with Gasteiger partial charge in [0.25, 0.3) is 0 Å². The van der Waals surface area contributed by atoms with Crippen molar-refractivity contribution in [2.24, 2.45) is 0 Å². The summed E-state index contributed by atoms with van der Waals surface area (Å²) in [6, 6.07) is 4.19. The highest BCUT2D eigenvalue weighted by molar-refractivity contribution is 5.52. The van der Waals surface area contributed by atoms with Gasteiger partial charge in [-0.1, -0.05) is 6.07 Å². The van der Waals surface area contributed by atoms with Gasteiger partial charge in [-0.25, -0.2) is 4.98 Å². The van der Waals surface area contributed by atoms with Gasteiger partial charge in [-0.15, -0.1) is 0 Å². The Bertz CT molecular complexity index is 619. The average Bonchev–Trinajstić information content (AvgIpc) is 2.38. The Labute approximate surface area is 121 Å². The van der Waals surface area contributed by atoms with Gasteiger partial charge >= 0.3 is 0 Å². The number of nitrogens with one attached hydrogen (secondary N) is 1. The van der Waals surface area contributed by atoms with Gasteiger partial charge in [-0.05, 0) is 74.1 Å². The Morgan fingerprint density at radius 2 is 1.55 bits per heavy atom. The van der Waals surface area contributed by atoms with Gasteiger partial charge in [0.1, 0.15) is 5.82 Å². The third-order valence-electron chi connectivity index (χ3n) is 4.05. The van der Waals surface area contributed by atoms with Crippen LogP contribution in [0.3, 0.4) is 0 Å². The fourth-order valence-electron chi connectivity index (χ4n) is 2.52. The zero-order valence-electron chi connectivity index (χ0n) is 13.0. The number of benzene rings is 1. The molecule has 0 aliphatic rings. The first-order valence-corrected chi connectivity index (χ1v) is 6.92. The van der Waals surface area contributed by atoms with Crippen LogP contribution in [0.25, 0.3) is 0 Å². The molecule has 0 saturated heterocycles. The fraction of sp³-hybridized carbons (Fsp3) is 0.353. The zero-order valence-corrected chi connectivity index (χ0v) is 13.0. The number of pyridine rings is 1. The minimum Gasteiger partial charge on any atom is -0.397 e. The van der Waals surface area contributed by atoms with Crippen molar-refractivity contribution in [3.05, 3.63) is 51.7 Å². The molecule has 0 unspecified atom stereocenters. The molecule has 0 spiro atoms. The molecule has 106 valence electrons. The summed E-state index contributed by atoms with van der Waals surface area (Å²) in [6.45, 7) is 11.5. The van der Waals surface area contributed by atoms with Crippen molar-refractivity contribution >= 4 is 11.5 Å². The largest absolute Gasteiger partial charge is 0.397 e. The van der Waals surface area contributed by atoms with Crippen LogP contribution in [0.4, 0.5) is 11.5 Å². The third kappa shape index (κ3) is 2.77. The molecule has 0 aliphatic carbocycles. The Morgan fingerprint density at radius 1 is 0.950 bits per heavy atom. The second-order valence-electron chi connectivity index (χ2n) is 5.53. The van der Waals surface area contributed by atoms with Crippen LogP contribution in [0, 0.1) is 34.6 Å². The van der Waals surface area contributed by atoms with Crippen molar-refractivity contribution in [2.75, 3.05) is 11.1 Å². The maximum absolute atomic E-state index is 5.73. The van der Waals surface area contributed by atoms with Crippen LogP contribution >= 0.6 is 0 Å². The maximum atomic E-state index is 5.73. The molecule has 3 heteroatoms. The summed E-state index contributed by atoms with van der Waals surface area (Å²) in [5.74, 6) is 0.900. The summed E-state index contributed by atoms with van der Waals surface area (Å²) in [5.41, 5.74) is 14.3. The number of nitrogen functional groups attached to an aromatic ring is 1. The smallest absolute Gasteiger partial charge is 0.129 e. The molecule has 1 heterocycles. The fourth-order valence-corrected chi connectivity index (χ4v) is 2.52. The Hall–Kier alpha value is -2.03. The molecule has 3 N–H and O–H groups in total. The number of hydrogen-bond acceptors (Lipinski definition) is 3. The summed E-state index contributed by atoms with van der Waals surface area (Å²) in [5, 5.41) is 3.43. The predicted molar refractivity (Wildman–Crippen MR) is 86.1 cm³/mol. The van der Waals surface area contributed by atoms with Crippen molar-refractivity contribution in [2.45, 2.75) is 41.2 Å². The van der Waals surface area contributed by atoms with Crippen LogP contribution in [0.5, 0.6) is 0 Å². The molecule has 0 saturated carbocycles. The maximum Gasteiger partial charge on any atom is 0.129 e. The predicted octanol–water partition coefficient (Wildman–Crippen LogP) is 3.82. The molecule has 0 radical (unpaired) electrons. The first kappa shape index (κ1) is 14.4. The molecule has 1 aromatic heterocycles. The lowest BCUT2D eigenvalue weighted by atomic mass is 9.94. The minimum absolute atomic E-state index is 0.701. The van der Waals surface area contributed by atoms with Crippen molar-refractivity contribution < 1.29 is 0 Å². The van der Waals surface area contributed by atoms with E-state index in [0.29, 0.717) is 5.69 Å². The number of rotatable bonds is 3. The second-order valence-corrected chi connectivity index (χ2v) is 5.53. The van der Waals surface area contributed by atoms with E-state index in [1.54, 1.807) is 6.20 Å². The van der Waals surface area contributed by atoms with Crippen molar-refractivity contribution in [3.8, 4) is 0 Å². The van der Waals surface area contributed by atoms with Gasteiger partial charge in [0.2, 0.25) is 0 Å². The quantitative estimate of drug-likeness (QED) is 0.890. The highest BCUT2D eigenvalue weighted by Gasteiger charge is 2.09. The van der Waals surface area contributed by atoms with Crippen LogP contribution in [-0.2, 0) is 6.54 Å². The Morgan fingerprint density at radius 3 is 2.10 bits per heavy atom. The van der Waals surface area contributed by atoms with E-state index < -0.39 is 0 Å². The molecule has 20 heavy (non-hydrogen) atoms. The number of hydrogen-bond donors (Lipinski definition) is 2. The molecule has 0 atom stereocenters. The van der Waals surface area contributed by atoms with Gasteiger partial charge < -0.3 is 11.1 Å². The van der Waals surface area contributed by atoms with E-state index in [9.17, 15) is 0 Å². The first-order chi connectivity index (χ1) is 9.40. The van der Waals surface area contributed by atoms with Crippen LogP contribution in [0.2, 0.25) is 0 Å². The third-order valence-corrected chi connectivity index (χ3v) is 4.05. The lowest BCUT2D eigenvalue weighted by Gasteiger charge is -2.17. The van der Waals surface area contributed by atoms with Crippen LogP contribution in [0.1, 0.15) is 33.4 Å². The van der Waals surface area contributed by atoms with E-state index >= 15 is 0 Å². The van der Waals surface area contributed by atoms with Gasteiger partial charge in [0.05, 0.1) is 11.9 Å². The summed E-state index contributed by atoms with van der Waals surface area (Å²) < 4.78 is 0. The van der Waals surface area contributed by atoms with E-state index in [1.807, 2.05) is 13.0 Å². The SMILES string of the molecule is Cc1cc(N)cnc1NCc1c(C)c(C)cc(C)c1C. The number of nitrogens with two attached hydrogens (primary N) is 1. The Kier molecular flexibility index (Phi) is 3.98. The van der Waals surface area contributed by atoms with Gasteiger partial charge in [0, 0.05) is 6.54 Å². The number of aryl methyl sites for hydroxylation is 3. The van der Waals surface area contributed by atoms with Gasteiger partial charge in [0.15, 0.2) is 0 Å². The molecular formula is C17H23N3. The molecule has 1 aromatic carbocycles. The lowest BCUT2D eigenvalue weighted by Crippen LogP contribution is -2.08. The standard InChI is InChI=1S/C17H23N3/c1-10-6-11(2)14(5)16(13(10)4)9-20-17-12(3)7-15(18)8-19-17/h6-8H,9,18H2,1-5H3,(H,19,20). The van der Waals surface area contributed by atoms with Crippen molar-refractivity contribution in [3.63, 3.8) is 0 Å². The number of nitrogens with zero attached hydrogens (tertiary/aromatic N) is 1. The topological polar surface area (TPSA) is 50.9 Å². The molecule has 2 rings (SSSR count). The van der Waals surface area contributed by atoms with E-state index in [2.05, 4.69) is 44.1 Å². The molecule has 0 aliphatic heterocycles. The summed E-state index contributed by atoms with van der Waals surface area (Å²) in [4.78, 5) is 4.36. The molecule has 3 nitrogen and oxygen atoms in total. The van der Waals surface area contributed by atoms with Crippen LogP contribution < -0.4 is 11.1 Å². The lowest BCUT2D eigenvalue weighted by molar-refractivity contribution is 1.04. The second kappa shape index (κ2) is 5.53. The zero-order chi connectivity index (χ0) is 14.9. The van der Waals surface area contributed by atoms with E-state index in [4.69, 9.17) is 5.73 Å². The molecule has 0 bridgehead atoms. The molecular weight excluding hydrogens is 246 g/mol. The van der Waals surface area contributed by atoms with Gasteiger partial charge in [-0.2, -0.15) is 0 Å². The van der Waals surface area contributed by atoms with E-state index in [-0.39, 0.29) is 0 Å². The van der Waals surface area contributed by atoms with Gasteiger partial charge in [-0.3, -0.25) is 0 Å². The number of anilines is 2. The van der Waals surface area contributed by atoms with Crippen molar-refractivity contribution in [1.82, 2.24) is 4.98 Å². The molecule has 2 aromatic rings. The van der Waals surface area contributed by atoms with Crippen LogP contribution in [0.15, 0.2) is 18.3 Å². The summed E-state index contributed by atoms with van der Waals surface area (Å²) >= 11 is 0. The van der Waals surface area contributed by atoms with Crippen molar-refractivity contribution in [1.29, 1.82) is 0 Å². The van der Waals surface area contributed by atoms with E-state index in [0.717, 1.165) is 17.9 Å². The summed E-state index contributed by atoms with van der Waals surface area (Å²) in [7, 11) is 0. The summed E-state index contributed by atoms with van der Waals surface area (Å²) in [6.07, 6.45) is 1.69. The first-order valence-electron chi connectivity index (χ1n) is 6.92. The Balaban J connectivity index is 2.27. The monoisotopic (exact) mass is 269 g/mol. The highest BCUT2D eigenvalue weighted by Crippen LogP contribution is 2.23. The van der Waals surface area contributed by atoms with Crippen LogP contribution in [-0.4, -0.2) is 4.98 Å². The minimum atomic E-state index is 0.701.